The summed E-state index contributed by atoms with van der Waals surface area (Å²) in [6.45, 7) is 6.23. The standard InChI is InChI=1S/C23H31N5O3/c1-30-22-6-5-18(14-26-7-2-3-8-26)11-23(22)31-17-21(29)16-27-9-4-10-28-20(15-27)12-19(13-24)25-28/h5-6,11-12,21,29H,2-4,7-10,14-17H2,1H3. The maximum absolute atomic E-state index is 10.6. The number of hydrogen-bond acceptors (Lipinski definition) is 7. The minimum atomic E-state index is -0.628. The molecule has 1 N–H and O–H groups in total. The highest BCUT2D eigenvalue weighted by Crippen LogP contribution is 2.29. The first-order chi connectivity index (χ1) is 15.1. The third kappa shape index (κ3) is 5.56. The predicted octanol–water partition coefficient (Wildman–Crippen LogP) is 2.00. The minimum Gasteiger partial charge on any atom is -0.493 e. The summed E-state index contributed by atoms with van der Waals surface area (Å²) in [6.07, 6.45) is 2.83. The van der Waals surface area contributed by atoms with E-state index >= 15 is 0 Å². The smallest absolute Gasteiger partial charge is 0.162 e. The molecule has 1 atom stereocenters. The lowest BCUT2D eigenvalue weighted by Gasteiger charge is -2.23. The number of aromatic nitrogens is 2. The van der Waals surface area contributed by atoms with E-state index in [0.29, 0.717) is 30.3 Å². The molecule has 0 bridgehead atoms. The Hall–Kier alpha value is -2.60. The lowest BCUT2D eigenvalue weighted by molar-refractivity contribution is 0.0651. The van der Waals surface area contributed by atoms with Crippen LogP contribution in [0.2, 0.25) is 0 Å². The van der Waals surface area contributed by atoms with Crippen LogP contribution in [-0.2, 0) is 19.6 Å². The molecule has 0 aliphatic carbocycles. The number of nitrogens with zero attached hydrogens (tertiary/aromatic N) is 5. The third-order valence-electron chi connectivity index (χ3n) is 5.94. The molecule has 2 aromatic rings. The van der Waals surface area contributed by atoms with Gasteiger partial charge in [0.2, 0.25) is 0 Å². The van der Waals surface area contributed by atoms with E-state index in [1.165, 1.54) is 18.4 Å². The van der Waals surface area contributed by atoms with Crippen LogP contribution in [0.3, 0.4) is 0 Å². The van der Waals surface area contributed by atoms with Crippen molar-refractivity contribution in [3.63, 3.8) is 0 Å². The molecule has 0 radical (unpaired) electrons. The fraction of sp³-hybridized carbons (Fsp3) is 0.565. The van der Waals surface area contributed by atoms with Crippen LogP contribution in [0.15, 0.2) is 24.3 Å². The normalized spacial score (nSPS) is 18.2. The lowest BCUT2D eigenvalue weighted by Crippen LogP contribution is -2.35. The number of aliphatic hydroxyl groups is 1. The van der Waals surface area contributed by atoms with Crippen LogP contribution in [0.25, 0.3) is 0 Å². The van der Waals surface area contributed by atoms with E-state index in [4.69, 9.17) is 14.7 Å². The van der Waals surface area contributed by atoms with Gasteiger partial charge in [-0.3, -0.25) is 14.5 Å². The Morgan fingerprint density at radius 3 is 2.68 bits per heavy atom. The second kappa shape index (κ2) is 10.1. The molecule has 31 heavy (non-hydrogen) atoms. The Balaban J connectivity index is 1.33. The third-order valence-corrected chi connectivity index (χ3v) is 5.94. The van der Waals surface area contributed by atoms with E-state index in [1.54, 1.807) is 7.11 Å². The van der Waals surface area contributed by atoms with Crippen LogP contribution in [0.1, 0.15) is 36.2 Å². The molecule has 2 aliphatic rings. The van der Waals surface area contributed by atoms with Gasteiger partial charge in [0.05, 0.1) is 12.8 Å². The first kappa shape index (κ1) is 21.6. The van der Waals surface area contributed by atoms with Crippen molar-refractivity contribution in [3.05, 3.63) is 41.2 Å². The molecule has 1 aromatic heterocycles. The predicted molar refractivity (Wildman–Crippen MR) is 116 cm³/mol. The van der Waals surface area contributed by atoms with Gasteiger partial charge in [0.15, 0.2) is 17.2 Å². The van der Waals surface area contributed by atoms with Gasteiger partial charge in [0.25, 0.3) is 0 Å². The number of rotatable bonds is 8. The number of aryl methyl sites for hydroxylation is 1. The lowest BCUT2D eigenvalue weighted by atomic mass is 10.2. The molecule has 3 heterocycles. The quantitative estimate of drug-likeness (QED) is 0.692. The van der Waals surface area contributed by atoms with Crippen LogP contribution in [0.4, 0.5) is 0 Å². The van der Waals surface area contributed by atoms with Crippen LogP contribution in [0, 0.1) is 11.3 Å². The largest absolute Gasteiger partial charge is 0.493 e. The highest BCUT2D eigenvalue weighted by Gasteiger charge is 2.20. The van der Waals surface area contributed by atoms with Gasteiger partial charge in [-0.15, -0.1) is 0 Å². The second-order valence-electron chi connectivity index (χ2n) is 8.38. The fourth-order valence-electron chi connectivity index (χ4n) is 4.41. The maximum atomic E-state index is 10.6. The van der Waals surface area contributed by atoms with Gasteiger partial charge in [-0.1, -0.05) is 6.07 Å². The molecule has 1 fully saturated rings. The molecule has 0 saturated carbocycles. The van der Waals surface area contributed by atoms with Crippen LogP contribution in [-0.4, -0.2) is 70.7 Å². The van der Waals surface area contributed by atoms with Gasteiger partial charge < -0.3 is 14.6 Å². The zero-order valence-electron chi connectivity index (χ0n) is 18.2. The Kier molecular flexibility index (Phi) is 7.07. The van der Waals surface area contributed by atoms with Crippen molar-refractivity contribution >= 4 is 0 Å². The van der Waals surface area contributed by atoms with Crippen LogP contribution < -0.4 is 9.47 Å². The molecule has 1 aromatic carbocycles. The van der Waals surface area contributed by atoms with Gasteiger partial charge in [-0.2, -0.15) is 10.4 Å². The summed E-state index contributed by atoms with van der Waals surface area (Å²) in [5, 5.41) is 24.0. The average molecular weight is 426 g/mol. The van der Waals surface area contributed by atoms with E-state index in [-0.39, 0.29) is 6.61 Å². The van der Waals surface area contributed by atoms with Gasteiger partial charge >= 0.3 is 0 Å². The Labute approximate surface area is 183 Å². The molecular weight excluding hydrogens is 394 g/mol. The summed E-state index contributed by atoms with van der Waals surface area (Å²) < 4.78 is 13.3. The van der Waals surface area contributed by atoms with Crippen LogP contribution in [0.5, 0.6) is 11.5 Å². The number of β-amino-alcohol motifs (C(OH)–C–C–N with tert-alkyl or cyclic N) is 1. The molecule has 166 valence electrons. The number of hydrogen-bond donors (Lipinski definition) is 1. The minimum absolute atomic E-state index is 0.197. The van der Waals surface area contributed by atoms with Gasteiger partial charge in [-0.05, 0) is 56.1 Å². The Bertz CT molecular complexity index is 916. The zero-order valence-corrected chi connectivity index (χ0v) is 18.2. The summed E-state index contributed by atoms with van der Waals surface area (Å²) in [4.78, 5) is 4.64. The first-order valence-electron chi connectivity index (χ1n) is 11.0. The fourth-order valence-corrected chi connectivity index (χ4v) is 4.41. The van der Waals surface area contributed by atoms with Crippen molar-refractivity contribution < 1.29 is 14.6 Å². The Morgan fingerprint density at radius 1 is 1.10 bits per heavy atom. The molecule has 1 saturated heterocycles. The van der Waals surface area contributed by atoms with Crippen molar-refractivity contribution in [1.82, 2.24) is 19.6 Å². The number of aliphatic hydroxyl groups excluding tert-OH is 1. The molecule has 4 rings (SSSR count). The molecule has 8 heteroatoms. The monoisotopic (exact) mass is 425 g/mol. The maximum Gasteiger partial charge on any atom is 0.162 e. The van der Waals surface area contributed by atoms with E-state index < -0.39 is 6.10 Å². The highest BCUT2D eigenvalue weighted by atomic mass is 16.5. The number of ether oxygens (including phenoxy) is 2. The molecular formula is C23H31N5O3. The summed E-state index contributed by atoms with van der Waals surface area (Å²) in [7, 11) is 1.63. The van der Waals surface area contributed by atoms with Gasteiger partial charge in [0, 0.05) is 32.7 Å². The number of benzene rings is 1. The summed E-state index contributed by atoms with van der Waals surface area (Å²) in [5.41, 5.74) is 2.65. The Morgan fingerprint density at radius 2 is 1.90 bits per heavy atom. The van der Waals surface area contributed by atoms with E-state index in [2.05, 4.69) is 27.0 Å². The first-order valence-corrected chi connectivity index (χ1v) is 11.0. The molecule has 1 unspecified atom stereocenters. The second-order valence-corrected chi connectivity index (χ2v) is 8.38. The molecule has 0 amide bonds. The topological polar surface area (TPSA) is 86.8 Å². The number of nitriles is 1. The summed E-state index contributed by atoms with van der Waals surface area (Å²) in [5.74, 6) is 1.35. The zero-order chi connectivity index (χ0) is 21.6. The van der Waals surface area contributed by atoms with Gasteiger partial charge in [0.1, 0.15) is 18.8 Å². The number of likely N-dealkylation sites (tertiary alicyclic amines) is 1. The summed E-state index contributed by atoms with van der Waals surface area (Å²) >= 11 is 0. The summed E-state index contributed by atoms with van der Waals surface area (Å²) in [6, 6.07) is 9.98. The SMILES string of the molecule is COc1ccc(CN2CCCC2)cc1OCC(O)CN1CCCn2nc(C#N)cc2C1. The molecule has 8 nitrogen and oxygen atoms in total. The van der Waals surface area contributed by atoms with Crippen LogP contribution >= 0.6 is 0 Å². The molecule has 0 spiro atoms. The van der Waals surface area contributed by atoms with Gasteiger partial charge in [-0.25, -0.2) is 0 Å². The van der Waals surface area contributed by atoms with Crippen molar-refractivity contribution in [2.75, 3.05) is 39.9 Å². The van der Waals surface area contributed by atoms with Crippen molar-refractivity contribution in [1.29, 1.82) is 5.26 Å². The average Bonchev–Trinajstić information content (AvgIpc) is 3.38. The number of methoxy groups -OCH3 is 1. The van der Waals surface area contributed by atoms with Crippen molar-refractivity contribution in [3.8, 4) is 17.6 Å². The molecule has 2 aliphatic heterocycles. The van der Waals surface area contributed by atoms with E-state index in [1.807, 2.05) is 22.9 Å². The van der Waals surface area contributed by atoms with E-state index in [0.717, 1.165) is 44.8 Å². The number of fused-ring (bicyclic) bond motifs is 1. The highest BCUT2D eigenvalue weighted by molar-refractivity contribution is 5.43. The van der Waals surface area contributed by atoms with Crippen molar-refractivity contribution in [2.24, 2.45) is 0 Å². The van der Waals surface area contributed by atoms with E-state index in [9.17, 15) is 5.11 Å². The van der Waals surface area contributed by atoms with Crippen molar-refractivity contribution in [2.45, 2.75) is 45.0 Å².